The van der Waals surface area contributed by atoms with Crippen LogP contribution in [0.3, 0.4) is 0 Å². The third kappa shape index (κ3) is 6.11. The summed E-state index contributed by atoms with van der Waals surface area (Å²) in [7, 11) is 0. The molecule has 0 N–H and O–H groups in total. The van der Waals surface area contributed by atoms with Crippen molar-refractivity contribution in [2.75, 3.05) is 13.2 Å². The molecule has 1 heterocycles. The van der Waals surface area contributed by atoms with E-state index < -0.39 is 0 Å². The zero-order chi connectivity index (χ0) is 24.2. The molecule has 0 spiro atoms. The maximum atomic E-state index is 13.0. The quantitative estimate of drug-likeness (QED) is 0.278. The minimum atomic E-state index is -0.225. The highest BCUT2D eigenvalue weighted by atomic mass is 79.9. The molecule has 0 saturated carbocycles. The third-order valence-electron chi connectivity index (χ3n) is 4.76. The second-order valence-corrected chi connectivity index (χ2v) is 9.88. The van der Waals surface area contributed by atoms with Crippen LogP contribution in [-0.4, -0.2) is 29.1 Å². The van der Waals surface area contributed by atoms with E-state index in [9.17, 15) is 4.79 Å². The standard InChI is InChI=1S/C26H30BrN3O3/c1-7-9-19-12-18(13-23(32-8-2)24(19)33-16-26(4,5)6)15-28-30-17(3)29-22-11-10-20(27)14-21(22)25(30)31/h7,10-15H,1,8-9,16H2,2-6H3. The summed E-state index contributed by atoms with van der Waals surface area (Å²) in [6.07, 6.45) is 4.09. The molecule has 0 aliphatic rings. The number of rotatable bonds is 8. The summed E-state index contributed by atoms with van der Waals surface area (Å²) < 4.78 is 14.2. The highest BCUT2D eigenvalue weighted by molar-refractivity contribution is 9.10. The Labute approximate surface area is 203 Å². The summed E-state index contributed by atoms with van der Waals surface area (Å²) in [6.45, 7) is 15.0. The third-order valence-corrected chi connectivity index (χ3v) is 5.25. The van der Waals surface area contributed by atoms with E-state index in [0.29, 0.717) is 42.1 Å². The van der Waals surface area contributed by atoms with Gasteiger partial charge in [-0.1, -0.05) is 42.8 Å². The van der Waals surface area contributed by atoms with E-state index >= 15 is 0 Å². The van der Waals surface area contributed by atoms with Crippen molar-refractivity contribution >= 4 is 33.0 Å². The lowest BCUT2D eigenvalue weighted by molar-refractivity contribution is 0.187. The number of allylic oxidation sites excluding steroid dienone is 1. The van der Waals surface area contributed by atoms with Gasteiger partial charge in [-0.2, -0.15) is 9.78 Å². The predicted octanol–water partition coefficient (Wildman–Crippen LogP) is 5.90. The van der Waals surface area contributed by atoms with Gasteiger partial charge in [-0.15, -0.1) is 6.58 Å². The molecule has 0 bridgehead atoms. The summed E-state index contributed by atoms with van der Waals surface area (Å²) in [5.41, 5.74) is 2.16. The van der Waals surface area contributed by atoms with Crippen LogP contribution in [0.5, 0.6) is 11.5 Å². The molecule has 1 aromatic heterocycles. The molecule has 7 heteroatoms. The van der Waals surface area contributed by atoms with Gasteiger partial charge in [0.05, 0.1) is 30.3 Å². The van der Waals surface area contributed by atoms with Gasteiger partial charge in [-0.3, -0.25) is 4.79 Å². The van der Waals surface area contributed by atoms with Crippen molar-refractivity contribution in [1.29, 1.82) is 0 Å². The second kappa shape index (κ2) is 10.3. The van der Waals surface area contributed by atoms with E-state index in [1.165, 1.54) is 4.68 Å². The number of hydrogen-bond acceptors (Lipinski definition) is 5. The van der Waals surface area contributed by atoms with Crippen LogP contribution in [-0.2, 0) is 6.42 Å². The Hall–Kier alpha value is -2.93. The Morgan fingerprint density at radius 3 is 2.64 bits per heavy atom. The zero-order valence-electron chi connectivity index (χ0n) is 19.8. The topological polar surface area (TPSA) is 65.7 Å². The molecular weight excluding hydrogens is 482 g/mol. The first-order valence-corrected chi connectivity index (χ1v) is 11.7. The van der Waals surface area contributed by atoms with Gasteiger partial charge >= 0.3 is 0 Å². The van der Waals surface area contributed by atoms with Gasteiger partial charge in [0.1, 0.15) is 5.82 Å². The van der Waals surface area contributed by atoms with E-state index in [-0.39, 0.29) is 11.0 Å². The molecule has 3 aromatic rings. The summed E-state index contributed by atoms with van der Waals surface area (Å²) in [4.78, 5) is 17.5. The van der Waals surface area contributed by atoms with Crippen molar-refractivity contribution in [3.05, 3.63) is 74.8 Å². The van der Waals surface area contributed by atoms with Gasteiger partial charge in [0.15, 0.2) is 11.5 Å². The van der Waals surface area contributed by atoms with E-state index in [4.69, 9.17) is 9.47 Å². The Morgan fingerprint density at radius 2 is 1.97 bits per heavy atom. The number of aryl methyl sites for hydroxylation is 1. The molecule has 33 heavy (non-hydrogen) atoms. The zero-order valence-corrected chi connectivity index (χ0v) is 21.4. The van der Waals surface area contributed by atoms with Crippen molar-refractivity contribution in [2.45, 2.75) is 41.0 Å². The molecule has 0 unspecified atom stereocenters. The fourth-order valence-corrected chi connectivity index (χ4v) is 3.66. The monoisotopic (exact) mass is 511 g/mol. The second-order valence-electron chi connectivity index (χ2n) is 8.96. The van der Waals surface area contributed by atoms with Crippen molar-refractivity contribution in [3.8, 4) is 11.5 Å². The largest absolute Gasteiger partial charge is 0.490 e. The number of fused-ring (bicyclic) bond motifs is 1. The van der Waals surface area contributed by atoms with E-state index in [1.54, 1.807) is 19.2 Å². The minimum absolute atomic E-state index is 0.00579. The summed E-state index contributed by atoms with van der Waals surface area (Å²) in [5.74, 6) is 1.87. The van der Waals surface area contributed by atoms with Crippen molar-refractivity contribution in [2.24, 2.45) is 10.5 Å². The van der Waals surface area contributed by atoms with Crippen LogP contribution in [0, 0.1) is 12.3 Å². The SMILES string of the molecule is C=CCc1cc(C=Nn2c(C)nc3ccc(Br)cc3c2=O)cc(OCC)c1OCC(C)(C)C. The smallest absolute Gasteiger partial charge is 0.282 e. The number of ether oxygens (including phenoxy) is 2. The van der Waals surface area contributed by atoms with Gasteiger partial charge < -0.3 is 9.47 Å². The highest BCUT2D eigenvalue weighted by Crippen LogP contribution is 2.35. The first-order chi connectivity index (χ1) is 15.6. The lowest BCUT2D eigenvalue weighted by Gasteiger charge is -2.22. The van der Waals surface area contributed by atoms with Crippen LogP contribution in [0.1, 0.15) is 44.6 Å². The molecule has 0 saturated heterocycles. The average Bonchev–Trinajstić information content (AvgIpc) is 2.73. The lowest BCUT2D eigenvalue weighted by atomic mass is 9.98. The lowest BCUT2D eigenvalue weighted by Crippen LogP contribution is -2.20. The summed E-state index contributed by atoms with van der Waals surface area (Å²) in [5, 5.41) is 4.95. The van der Waals surface area contributed by atoms with Crippen LogP contribution >= 0.6 is 15.9 Å². The fraction of sp³-hybridized carbons (Fsp3) is 0.346. The van der Waals surface area contributed by atoms with Crippen LogP contribution < -0.4 is 15.0 Å². The summed E-state index contributed by atoms with van der Waals surface area (Å²) in [6, 6.07) is 9.29. The minimum Gasteiger partial charge on any atom is -0.490 e. The first kappa shape index (κ1) is 24.7. The molecule has 6 nitrogen and oxygen atoms in total. The van der Waals surface area contributed by atoms with Crippen molar-refractivity contribution < 1.29 is 9.47 Å². The van der Waals surface area contributed by atoms with Gasteiger partial charge in [0.25, 0.3) is 5.56 Å². The number of halogens is 1. The number of hydrogen-bond donors (Lipinski definition) is 0. The van der Waals surface area contributed by atoms with Crippen LogP contribution in [0.15, 0.2) is 57.4 Å². The fourth-order valence-electron chi connectivity index (χ4n) is 3.30. The van der Waals surface area contributed by atoms with Gasteiger partial charge in [0, 0.05) is 10.0 Å². The molecule has 0 atom stereocenters. The van der Waals surface area contributed by atoms with Crippen molar-refractivity contribution in [3.63, 3.8) is 0 Å². The van der Waals surface area contributed by atoms with Gasteiger partial charge in [0.2, 0.25) is 0 Å². The first-order valence-electron chi connectivity index (χ1n) is 10.9. The Bertz CT molecular complexity index is 1260. The molecule has 0 aliphatic heterocycles. The Balaban J connectivity index is 2.06. The highest BCUT2D eigenvalue weighted by Gasteiger charge is 2.17. The van der Waals surface area contributed by atoms with E-state index in [0.717, 1.165) is 21.3 Å². The molecule has 2 aromatic carbocycles. The predicted molar refractivity (Wildman–Crippen MR) is 138 cm³/mol. The number of nitrogens with zero attached hydrogens (tertiary/aromatic N) is 3. The normalized spacial score (nSPS) is 11.8. The molecular formula is C26H30BrN3O3. The van der Waals surface area contributed by atoms with Crippen LogP contribution in [0.25, 0.3) is 10.9 Å². The molecule has 0 aliphatic carbocycles. The molecule has 3 rings (SSSR count). The van der Waals surface area contributed by atoms with E-state index in [1.807, 2.05) is 37.3 Å². The van der Waals surface area contributed by atoms with Crippen molar-refractivity contribution in [1.82, 2.24) is 9.66 Å². The number of aromatic nitrogens is 2. The van der Waals surface area contributed by atoms with Gasteiger partial charge in [-0.25, -0.2) is 4.98 Å². The maximum Gasteiger partial charge on any atom is 0.282 e. The maximum absolute atomic E-state index is 13.0. The molecule has 0 amide bonds. The van der Waals surface area contributed by atoms with Crippen LogP contribution in [0.4, 0.5) is 0 Å². The Morgan fingerprint density at radius 1 is 1.21 bits per heavy atom. The number of benzene rings is 2. The van der Waals surface area contributed by atoms with E-state index in [2.05, 4.69) is 53.4 Å². The molecule has 0 radical (unpaired) electrons. The van der Waals surface area contributed by atoms with Gasteiger partial charge in [-0.05, 0) is 61.6 Å². The Kier molecular flexibility index (Phi) is 7.74. The summed E-state index contributed by atoms with van der Waals surface area (Å²) >= 11 is 3.41. The molecule has 174 valence electrons. The average molecular weight is 512 g/mol. The van der Waals surface area contributed by atoms with Crippen LogP contribution in [0.2, 0.25) is 0 Å². The molecule has 0 fully saturated rings.